The van der Waals surface area contributed by atoms with Gasteiger partial charge in [-0.25, -0.2) is 13.1 Å². The molecular formula is C13H22N2O2S. The number of benzene rings is 1. The van der Waals surface area contributed by atoms with E-state index in [1.165, 1.54) is 12.6 Å². The molecule has 102 valence electrons. The summed E-state index contributed by atoms with van der Waals surface area (Å²) in [5, 5.41) is 3.22. The first-order valence-electron chi connectivity index (χ1n) is 6.22. The predicted octanol–water partition coefficient (Wildman–Crippen LogP) is 1.15. The maximum absolute atomic E-state index is 11.2. The van der Waals surface area contributed by atoms with Crippen LogP contribution in [-0.4, -0.2) is 33.8 Å². The highest BCUT2D eigenvalue weighted by atomic mass is 32.2. The van der Waals surface area contributed by atoms with E-state index >= 15 is 0 Å². The Bertz CT molecular complexity index is 432. The van der Waals surface area contributed by atoms with Crippen molar-refractivity contribution in [2.45, 2.75) is 25.8 Å². The summed E-state index contributed by atoms with van der Waals surface area (Å²) in [5.74, 6) is 0.124. The molecule has 0 heterocycles. The normalized spacial score (nSPS) is 13.4. The van der Waals surface area contributed by atoms with Crippen LogP contribution in [0.15, 0.2) is 30.3 Å². The predicted molar refractivity (Wildman–Crippen MR) is 75.1 cm³/mol. The Morgan fingerprint density at radius 3 is 2.50 bits per heavy atom. The van der Waals surface area contributed by atoms with Gasteiger partial charge in [0.25, 0.3) is 0 Å². The molecule has 0 aliphatic heterocycles. The van der Waals surface area contributed by atoms with Gasteiger partial charge in [-0.1, -0.05) is 30.3 Å². The van der Waals surface area contributed by atoms with Gasteiger partial charge in [0.2, 0.25) is 10.0 Å². The van der Waals surface area contributed by atoms with Gasteiger partial charge in [-0.15, -0.1) is 0 Å². The van der Waals surface area contributed by atoms with Crippen molar-refractivity contribution in [1.29, 1.82) is 0 Å². The Labute approximate surface area is 110 Å². The van der Waals surface area contributed by atoms with E-state index in [0.29, 0.717) is 12.6 Å². The van der Waals surface area contributed by atoms with Crippen LogP contribution in [0, 0.1) is 0 Å². The van der Waals surface area contributed by atoms with Crippen LogP contribution >= 0.6 is 0 Å². The topological polar surface area (TPSA) is 58.2 Å². The van der Waals surface area contributed by atoms with Gasteiger partial charge >= 0.3 is 0 Å². The van der Waals surface area contributed by atoms with Gasteiger partial charge in [-0.05, 0) is 32.4 Å². The number of rotatable bonds is 8. The second-order valence-electron chi connectivity index (χ2n) is 4.40. The average molecular weight is 270 g/mol. The van der Waals surface area contributed by atoms with Crippen molar-refractivity contribution in [3.63, 3.8) is 0 Å². The third-order valence-corrected chi connectivity index (χ3v) is 4.25. The first-order valence-corrected chi connectivity index (χ1v) is 7.87. The van der Waals surface area contributed by atoms with E-state index in [1.54, 1.807) is 0 Å². The first kappa shape index (κ1) is 15.1. The third kappa shape index (κ3) is 6.14. The quantitative estimate of drug-likeness (QED) is 0.745. The number of hydrogen-bond donors (Lipinski definition) is 2. The van der Waals surface area contributed by atoms with Gasteiger partial charge < -0.3 is 5.32 Å². The lowest BCUT2D eigenvalue weighted by Gasteiger charge is -2.13. The summed E-state index contributed by atoms with van der Waals surface area (Å²) in [6, 6.07) is 10.6. The van der Waals surface area contributed by atoms with Crippen LogP contribution in [0.5, 0.6) is 0 Å². The minimum Gasteiger partial charge on any atom is -0.313 e. The first-order chi connectivity index (χ1) is 8.53. The zero-order valence-electron chi connectivity index (χ0n) is 11.0. The van der Waals surface area contributed by atoms with Crippen molar-refractivity contribution in [1.82, 2.24) is 10.0 Å². The number of aryl methyl sites for hydroxylation is 1. The van der Waals surface area contributed by atoms with Crippen LogP contribution in [0.3, 0.4) is 0 Å². The standard InChI is InChI=1S/C13H22N2O2S/c1-12(15-10-11-18(16,17)14-2)8-9-13-6-4-3-5-7-13/h3-7,12,14-15H,8-11H2,1-2H3. The van der Waals surface area contributed by atoms with Crippen molar-refractivity contribution in [2.75, 3.05) is 19.3 Å². The van der Waals surface area contributed by atoms with E-state index in [9.17, 15) is 8.42 Å². The summed E-state index contributed by atoms with van der Waals surface area (Å²) in [7, 11) is -1.66. The molecule has 1 aromatic carbocycles. The van der Waals surface area contributed by atoms with E-state index in [-0.39, 0.29) is 5.75 Å². The van der Waals surface area contributed by atoms with Gasteiger partial charge in [-0.2, -0.15) is 0 Å². The maximum Gasteiger partial charge on any atom is 0.212 e. The molecule has 0 spiro atoms. The second kappa shape index (κ2) is 7.51. The third-order valence-electron chi connectivity index (χ3n) is 2.88. The largest absolute Gasteiger partial charge is 0.313 e. The van der Waals surface area contributed by atoms with Crippen LogP contribution in [-0.2, 0) is 16.4 Å². The molecule has 0 aromatic heterocycles. The summed E-state index contributed by atoms with van der Waals surface area (Å²) in [4.78, 5) is 0. The van der Waals surface area contributed by atoms with Gasteiger partial charge in [0.05, 0.1) is 5.75 Å². The lowest BCUT2D eigenvalue weighted by molar-refractivity contribution is 0.525. The molecule has 0 aliphatic rings. The Balaban J connectivity index is 2.20. The summed E-state index contributed by atoms with van der Waals surface area (Å²) in [6.45, 7) is 2.56. The van der Waals surface area contributed by atoms with E-state index in [4.69, 9.17) is 0 Å². The van der Waals surface area contributed by atoms with Crippen molar-refractivity contribution in [3.8, 4) is 0 Å². The molecule has 0 fully saturated rings. The zero-order valence-corrected chi connectivity index (χ0v) is 11.8. The lowest BCUT2D eigenvalue weighted by atomic mass is 10.1. The van der Waals surface area contributed by atoms with Crippen molar-refractivity contribution < 1.29 is 8.42 Å². The molecule has 18 heavy (non-hydrogen) atoms. The van der Waals surface area contributed by atoms with Gasteiger partial charge in [0.1, 0.15) is 0 Å². The molecule has 1 aromatic rings. The summed E-state index contributed by atoms with van der Waals surface area (Å²) in [5.41, 5.74) is 1.31. The molecule has 1 unspecified atom stereocenters. The van der Waals surface area contributed by atoms with Crippen molar-refractivity contribution in [3.05, 3.63) is 35.9 Å². The van der Waals surface area contributed by atoms with Crippen LogP contribution in [0.1, 0.15) is 18.9 Å². The highest BCUT2D eigenvalue weighted by Gasteiger charge is 2.07. The van der Waals surface area contributed by atoms with Crippen LogP contribution < -0.4 is 10.0 Å². The Morgan fingerprint density at radius 1 is 1.22 bits per heavy atom. The van der Waals surface area contributed by atoms with Gasteiger partial charge in [-0.3, -0.25) is 0 Å². The smallest absolute Gasteiger partial charge is 0.212 e. The van der Waals surface area contributed by atoms with E-state index in [0.717, 1.165) is 12.8 Å². The monoisotopic (exact) mass is 270 g/mol. The molecule has 4 nitrogen and oxygen atoms in total. The van der Waals surface area contributed by atoms with Crippen molar-refractivity contribution >= 4 is 10.0 Å². The average Bonchev–Trinajstić information content (AvgIpc) is 2.37. The Kier molecular flexibility index (Phi) is 6.32. The summed E-state index contributed by atoms with van der Waals surface area (Å²) < 4.78 is 24.7. The molecule has 2 N–H and O–H groups in total. The summed E-state index contributed by atoms with van der Waals surface area (Å²) >= 11 is 0. The Hall–Kier alpha value is -0.910. The van der Waals surface area contributed by atoms with Crippen molar-refractivity contribution in [2.24, 2.45) is 0 Å². The molecule has 1 atom stereocenters. The van der Waals surface area contributed by atoms with Crippen LogP contribution in [0.4, 0.5) is 0 Å². The fraction of sp³-hybridized carbons (Fsp3) is 0.538. The zero-order chi connectivity index (χ0) is 13.4. The highest BCUT2D eigenvalue weighted by Crippen LogP contribution is 2.04. The highest BCUT2D eigenvalue weighted by molar-refractivity contribution is 7.89. The second-order valence-corrected chi connectivity index (χ2v) is 6.45. The number of nitrogens with one attached hydrogen (secondary N) is 2. The molecule has 1 rings (SSSR count). The molecular weight excluding hydrogens is 248 g/mol. The minimum absolute atomic E-state index is 0.124. The number of hydrogen-bond acceptors (Lipinski definition) is 3. The lowest BCUT2D eigenvalue weighted by Crippen LogP contribution is -2.34. The molecule has 0 amide bonds. The maximum atomic E-state index is 11.2. The SMILES string of the molecule is CNS(=O)(=O)CCNC(C)CCc1ccccc1. The molecule has 0 saturated heterocycles. The molecule has 0 radical (unpaired) electrons. The van der Waals surface area contributed by atoms with Crippen LogP contribution in [0.2, 0.25) is 0 Å². The van der Waals surface area contributed by atoms with E-state index < -0.39 is 10.0 Å². The van der Waals surface area contributed by atoms with E-state index in [2.05, 4.69) is 29.1 Å². The fourth-order valence-corrected chi connectivity index (χ4v) is 2.26. The fourth-order valence-electron chi connectivity index (χ4n) is 1.67. The number of sulfonamides is 1. The van der Waals surface area contributed by atoms with Gasteiger partial charge in [0.15, 0.2) is 0 Å². The van der Waals surface area contributed by atoms with E-state index in [1.807, 2.05) is 18.2 Å². The molecule has 0 bridgehead atoms. The van der Waals surface area contributed by atoms with Crippen LogP contribution in [0.25, 0.3) is 0 Å². The molecule has 0 aliphatic carbocycles. The van der Waals surface area contributed by atoms with Gasteiger partial charge in [0, 0.05) is 12.6 Å². The molecule has 0 saturated carbocycles. The summed E-state index contributed by atoms with van der Waals surface area (Å²) in [6.07, 6.45) is 2.01. The minimum atomic E-state index is -3.09. The molecule has 5 heteroatoms. The Morgan fingerprint density at radius 2 is 1.89 bits per heavy atom.